The number of benzene rings is 6. The van der Waals surface area contributed by atoms with Gasteiger partial charge in [-0.2, -0.15) is 0 Å². The zero-order chi connectivity index (χ0) is 27.2. The van der Waals surface area contributed by atoms with Crippen molar-refractivity contribution in [3.8, 4) is 22.6 Å². The number of rotatable bonds is 5. The van der Waals surface area contributed by atoms with Gasteiger partial charge in [-0.15, -0.1) is 0 Å². The van der Waals surface area contributed by atoms with E-state index < -0.39 is 0 Å². The molecule has 2 heterocycles. The summed E-state index contributed by atoms with van der Waals surface area (Å²) in [5.74, 6) is 0.586. The number of oxazole rings is 1. The molecule has 4 heteroatoms. The van der Waals surface area contributed by atoms with Gasteiger partial charge in [0.15, 0.2) is 11.2 Å². The van der Waals surface area contributed by atoms with Crippen molar-refractivity contribution in [3.63, 3.8) is 0 Å². The van der Waals surface area contributed by atoms with E-state index in [1.54, 1.807) is 0 Å². The zero-order valence-electron chi connectivity index (χ0n) is 22.1. The lowest BCUT2D eigenvalue weighted by molar-refractivity contribution is 0.622. The Kier molecular flexibility index (Phi) is 5.42. The first kappa shape index (κ1) is 23.3. The highest BCUT2D eigenvalue weighted by molar-refractivity contribution is 6.20. The molecule has 0 aliphatic carbocycles. The van der Waals surface area contributed by atoms with E-state index in [4.69, 9.17) is 13.8 Å². The molecule has 0 atom stereocenters. The predicted octanol–water partition coefficient (Wildman–Crippen LogP) is 10.5. The Hall–Kier alpha value is -5.61. The van der Waals surface area contributed by atoms with Crippen LogP contribution in [0.1, 0.15) is 0 Å². The summed E-state index contributed by atoms with van der Waals surface area (Å²) in [4.78, 5) is 7.20. The Morgan fingerprint density at radius 3 is 1.80 bits per heavy atom. The summed E-state index contributed by atoms with van der Waals surface area (Å²) in [6.07, 6.45) is 0. The van der Waals surface area contributed by atoms with E-state index in [0.29, 0.717) is 5.89 Å². The molecular weight excluding hydrogens is 504 g/mol. The summed E-state index contributed by atoms with van der Waals surface area (Å²) in [5, 5.41) is 1.92. The predicted molar refractivity (Wildman–Crippen MR) is 167 cm³/mol. The molecule has 0 fully saturated rings. The number of hydrogen-bond acceptors (Lipinski definition) is 4. The fraction of sp³-hybridized carbons (Fsp3) is 0. The standard InChI is InChI=1S/C37H24N2O2/c1-4-12-25(13-5-1)26-20-22-29(23-21-26)39(28-16-8-3-9-17-28)32-24-31-35(41-37(38-31)27-14-6-2-7-15-27)34-30-18-10-11-19-33(30)40-36(32)34/h1-24H. The molecule has 0 spiro atoms. The molecule has 0 aliphatic rings. The average Bonchev–Trinajstić information content (AvgIpc) is 3.65. The number of fused-ring (bicyclic) bond motifs is 5. The van der Waals surface area contributed by atoms with Gasteiger partial charge in [0.05, 0.1) is 11.1 Å². The van der Waals surface area contributed by atoms with Crippen molar-refractivity contribution in [2.24, 2.45) is 0 Å². The van der Waals surface area contributed by atoms with Gasteiger partial charge >= 0.3 is 0 Å². The second-order valence-electron chi connectivity index (χ2n) is 10.0. The van der Waals surface area contributed by atoms with Crippen LogP contribution in [0.3, 0.4) is 0 Å². The van der Waals surface area contributed by atoms with E-state index in [9.17, 15) is 0 Å². The molecule has 8 aromatic rings. The minimum Gasteiger partial charge on any atom is -0.454 e. The summed E-state index contributed by atoms with van der Waals surface area (Å²) in [6.45, 7) is 0. The Labute approximate surface area is 236 Å². The van der Waals surface area contributed by atoms with Gasteiger partial charge in [0, 0.05) is 22.3 Å². The topological polar surface area (TPSA) is 42.4 Å². The van der Waals surface area contributed by atoms with Crippen LogP contribution in [0.25, 0.3) is 55.6 Å². The van der Waals surface area contributed by atoms with Crippen LogP contribution < -0.4 is 4.90 Å². The number of hydrogen-bond donors (Lipinski definition) is 0. The summed E-state index contributed by atoms with van der Waals surface area (Å²) in [7, 11) is 0. The van der Waals surface area contributed by atoms with Crippen molar-refractivity contribution in [2.75, 3.05) is 4.90 Å². The molecule has 4 nitrogen and oxygen atoms in total. The lowest BCUT2D eigenvalue weighted by atomic mass is 10.0. The SMILES string of the molecule is c1ccc(-c2ccc(N(c3ccccc3)c3cc4nc(-c5ccccc5)oc4c4c3oc3ccccc34)cc2)cc1. The smallest absolute Gasteiger partial charge is 0.227 e. The summed E-state index contributed by atoms with van der Waals surface area (Å²) in [5.41, 5.74) is 9.28. The van der Waals surface area contributed by atoms with Crippen LogP contribution in [-0.4, -0.2) is 4.98 Å². The fourth-order valence-corrected chi connectivity index (χ4v) is 5.56. The highest BCUT2D eigenvalue weighted by Crippen LogP contribution is 2.46. The van der Waals surface area contributed by atoms with E-state index in [-0.39, 0.29) is 0 Å². The zero-order valence-corrected chi connectivity index (χ0v) is 22.1. The Bertz CT molecular complexity index is 2130. The number of anilines is 3. The van der Waals surface area contributed by atoms with Crippen LogP contribution in [-0.2, 0) is 0 Å². The number of para-hydroxylation sites is 2. The van der Waals surface area contributed by atoms with Crippen LogP contribution in [0.5, 0.6) is 0 Å². The maximum atomic E-state index is 6.59. The molecule has 0 bridgehead atoms. The summed E-state index contributed by atoms with van der Waals surface area (Å²) < 4.78 is 13.0. The maximum Gasteiger partial charge on any atom is 0.227 e. The molecule has 6 aromatic carbocycles. The fourth-order valence-electron chi connectivity index (χ4n) is 5.56. The minimum absolute atomic E-state index is 0.586. The van der Waals surface area contributed by atoms with E-state index in [2.05, 4.69) is 89.8 Å². The lowest BCUT2D eigenvalue weighted by Crippen LogP contribution is -2.10. The average molecular weight is 529 g/mol. The molecule has 8 rings (SSSR count). The lowest BCUT2D eigenvalue weighted by Gasteiger charge is -2.25. The van der Waals surface area contributed by atoms with Crippen LogP contribution in [0.4, 0.5) is 17.1 Å². The minimum atomic E-state index is 0.586. The highest BCUT2D eigenvalue weighted by atomic mass is 16.4. The van der Waals surface area contributed by atoms with Crippen molar-refractivity contribution in [1.82, 2.24) is 4.98 Å². The number of aromatic nitrogens is 1. The second kappa shape index (κ2) is 9.54. The number of furan rings is 1. The Morgan fingerprint density at radius 2 is 1.07 bits per heavy atom. The van der Waals surface area contributed by atoms with Crippen LogP contribution >= 0.6 is 0 Å². The summed E-state index contributed by atoms with van der Waals surface area (Å²) in [6, 6.07) is 49.6. The third kappa shape index (κ3) is 3.97. The van der Waals surface area contributed by atoms with Crippen molar-refractivity contribution < 1.29 is 8.83 Å². The molecular formula is C37H24N2O2. The van der Waals surface area contributed by atoms with Crippen molar-refractivity contribution in [1.29, 1.82) is 0 Å². The molecule has 0 saturated heterocycles. The molecule has 0 saturated carbocycles. The van der Waals surface area contributed by atoms with Gasteiger partial charge in [-0.05, 0) is 59.7 Å². The van der Waals surface area contributed by atoms with Gasteiger partial charge < -0.3 is 13.7 Å². The van der Waals surface area contributed by atoms with Crippen molar-refractivity contribution >= 4 is 50.1 Å². The molecule has 2 aromatic heterocycles. The van der Waals surface area contributed by atoms with Crippen molar-refractivity contribution in [3.05, 3.63) is 146 Å². The van der Waals surface area contributed by atoms with Gasteiger partial charge in [-0.25, -0.2) is 4.98 Å². The quantitative estimate of drug-likeness (QED) is 0.223. The van der Waals surface area contributed by atoms with E-state index in [1.807, 2.05) is 60.7 Å². The number of nitrogens with zero attached hydrogens (tertiary/aromatic N) is 2. The Morgan fingerprint density at radius 1 is 0.488 bits per heavy atom. The van der Waals surface area contributed by atoms with Gasteiger partial charge in [0.1, 0.15) is 11.1 Å². The summed E-state index contributed by atoms with van der Waals surface area (Å²) >= 11 is 0. The monoisotopic (exact) mass is 528 g/mol. The first-order chi connectivity index (χ1) is 20.3. The highest BCUT2D eigenvalue weighted by Gasteiger charge is 2.24. The van der Waals surface area contributed by atoms with Crippen LogP contribution in [0.2, 0.25) is 0 Å². The van der Waals surface area contributed by atoms with Gasteiger partial charge in [-0.1, -0.05) is 97.1 Å². The maximum absolute atomic E-state index is 6.59. The second-order valence-corrected chi connectivity index (χ2v) is 10.0. The Balaban J connectivity index is 1.40. The normalized spacial score (nSPS) is 11.4. The van der Waals surface area contributed by atoms with Gasteiger partial charge in [0.2, 0.25) is 5.89 Å². The van der Waals surface area contributed by atoms with E-state index in [1.165, 1.54) is 5.56 Å². The van der Waals surface area contributed by atoms with Gasteiger partial charge in [0.25, 0.3) is 0 Å². The van der Waals surface area contributed by atoms with E-state index >= 15 is 0 Å². The largest absolute Gasteiger partial charge is 0.454 e. The molecule has 0 amide bonds. The first-order valence-electron chi connectivity index (χ1n) is 13.6. The van der Waals surface area contributed by atoms with Crippen LogP contribution in [0, 0.1) is 0 Å². The molecule has 0 radical (unpaired) electrons. The van der Waals surface area contributed by atoms with Crippen LogP contribution in [0.15, 0.2) is 154 Å². The molecule has 0 N–H and O–H groups in total. The molecule has 0 unspecified atom stereocenters. The third-order valence-electron chi connectivity index (χ3n) is 7.49. The molecule has 41 heavy (non-hydrogen) atoms. The van der Waals surface area contributed by atoms with Gasteiger partial charge in [-0.3, -0.25) is 0 Å². The van der Waals surface area contributed by atoms with E-state index in [0.717, 1.165) is 61.2 Å². The van der Waals surface area contributed by atoms with Crippen molar-refractivity contribution in [2.45, 2.75) is 0 Å². The molecule has 0 aliphatic heterocycles. The first-order valence-corrected chi connectivity index (χ1v) is 13.6. The third-order valence-corrected chi connectivity index (χ3v) is 7.49. The molecule has 194 valence electrons.